The SMILES string of the molecule is Cc1nn(C)c(C)c1CC(=O)N(C)C[C@@]1(O)CCN(c2ccccn2)C1. The van der Waals surface area contributed by atoms with Crippen molar-refractivity contribution in [2.45, 2.75) is 32.3 Å². The molecule has 0 unspecified atom stereocenters. The predicted molar refractivity (Wildman–Crippen MR) is 100 cm³/mol. The number of likely N-dealkylation sites (N-methyl/N-ethyl adjacent to an activating group) is 1. The van der Waals surface area contributed by atoms with Crippen LogP contribution >= 0.6 is 0 Å². The number of β-amino-alcohol motifs (C(OH)–C–C–N with tert-alkyl or cyclic N) is 1. The first-order valence-electron chi connectivity index (χ1n) is 8.90. The maximum atomic E-state index is 12.7. The average Bonchev–Trinajstić information content (AvgIpc) is 3.11. The fraction of sp³-hybridized carbons (Fsp3) is 0.526. The van der Waals surface area contributed by atoms with Crippen LogP contribution in [0.25, 0.3) is 0 Å². The molecular formula is C19H27N5O2. The highest BCUT2D eigenvalue weighted by atomic mass is 16.3. The van der Waals surface area contributed by atoms with Crippen LogP contribution in [0, 0.1) is 13.8 Å². The van der Waals surface area contributed by atoms with E-state index in [2.05, 4.69) is 15.0 Å². The van der Waals surface area contributed by atoms with E-state index < -0.39 is 5.60 Å². The summed E-state index contributed by atoms with van der Waals surface area (Å²) in [5, 5.41) is 15.3. The molecule has 1 atom stereocenters. The smallest absolute Gasteiger partial charge is 0.226 e. The molecule has 26 heavy (non-hydrogen) atoms. The summed E-state index contributed by atoms with van der Waals surface area (Å²) < 4.78 is 1.80. The number of anilines is 1. The molecule has 0 spiro atoms. The van der Waals surface area contributed by atoms with Crippen LogP contribution in [0.15, 0.2) is 24.4 Å². The van der Waals surface area contributed by atoms with Crippen molar-refractivity contribution in [1.29, 1.82) is 0 Å². The fourth-order valence-electron chi connectivity index (χ4n) is 3.61. The van der Waals surface area contributed by atoms with E-state index in [0.717, 1.165) is 29.3 Å². The Labute approximate surface area is 154 Å². The van der Waals surface area contributed by atoms with Crippen molar-refractivity contribution in [3.8, 4) is 0 Å². The van der Waals surface area contributed by atoms with E-state index in [1.807, 2.05) is 39.1 Å². The molecule has 7 nitrogen and oxygen atoms in total. The molecule has 1 aliphatic rings. The van der Waals surface area contributed by atoms with Crippen molar-refractivity contribution < 1.29 is 9.90 Å². The minimum absolute atomic E-state index is 0.00564. The molecule has 1 N–H and O–H groups in total. The molecule has 140 valence electrons. The zero-order valence-corrected chi connectivity index (χ0v) is 15.9. The third-order valence-electron chi connectivity index (χ3n) is 5.25. The summed E-state index contributed by atoms with van der Waals surface area (Å²) in [6.45, 7) is 5.42. The molecule has 1 saturated heterocycles. The molecule has 2 aromatic rings. The number of aliphatic hydroxyl groups is 1. The van der Waals surface area contributed by atoms with E-state index in [1.165, 1.54) is 0 Å². The molecular weight excluding hydrogens is 330 g/mol. The van der Waals surface area contributed by atoms with Crippen LogP contribution in [-0.4, -0.2) is 63.0 Å². The number of nitrogens with zero attached hydrogens (tertiary/aromatic N) is 5. The van der Waals surface area contributed by atoms with Gasteiger partial charge < -0.3 is 14.9 Å². The quantitative estimate of drug-likeness (QED) is 0.867. The van der Waals surface area contributed by atoms with Crippen molar-refractivity contribution in [2.75, 3.05) is 31.6 Å². The second-order valence-corrected chi connectivity index (χ2v) is 7.28. The Morgan fingerprint density at radius 2 is 2.15 bits per heavy atom. The van der Waals surface area contributed by atoms with Gasteiger partial charge in [0, 0.05) is 44.6 Å². The lowest BCUT2D eigenvalue weighted by Gasteiger charge is -2.29. The van der Waals surface area contributed by atoms with Gasteiger partial charge in [-0.25, -0.2) is 4.98 Å². The zero-order valence-electron chi connectivity index (χ0n) is 15.9. The highest BCUT2D eigenvalue weighted by Gasteiger charge is 2.38. The molecule has 0 saturated carbocycles. The lowest BCUT2D eigenvalue weighted by atomic mass is 10.0. The summed E-state index contributed by atoms with van der Waals surface area (Å²) in [6, 6.07) is 5.75. The second kappa shape index (κ2) is 7.07. The Morgan fingerprint density at radius 1 is 1.38 bits per heavy atom. The Bertz CT molecular complexity index is 789. The third-order valence-corrected chi connectivity index (χ3v) is 5.25. The van der Waals surface area contributed by atoms with Crippen LogP contribution in [0.5, 0.6) is 0 Å². The van der Waals surface area contributed by atoms with E-state index in [9.17, 15) is 9.90 Å². The first-order valence-corrected chi connectivity index (χ1v) is 8.90. The molecule has 1 fully saturated rings. The fourth-order valence-corrected chi connectivity index (χ4v) is 3.61. The van der Waals surface area contributed by atoms with Gasteiger partial charge in [0.1, 0.15) is 11.4 Å². The van der Waals surface area contributed by atoms with Crippen molar-refractivity contribution in [3.05, 3.63) is 41.3 Å². The molecule has 2 aromatic heterocycles. The standard InChI is InChI=1S/C19H27N5O2/c1-14-16(15(2)23(4)21-14)11-18(25)22(3)12-19(26)8-10-24(13-19)17-7-5-6-9-20-17/h5-7,9,26H,8,10-13H2,1-4H3/t19-/m0/s1. The summed E-state index contributed by atoms with van der Waals surface area (Å²) in [5.41, 5.74) is 1.94. The van der Waals surface area contributed by atoms with Crippen LogP contribution in [0.3, 0.4) is 0 Å². The maximum Gasteiger partial charge on any atom is 0.226 e. The summed E-state index contributed by atoms with van der Waals surface area (Å²) in [7, 11) is 3.64. The maximum absolute atomic E-state index is 12.7. The highest BCUT2D eigenvalue weighted by Crippen LogP contribution is 2.26. The number of pyridine rings is 1. The Morgan fingerprint density at radius 3 is 2.77 bits per heavy atom. The second-order valence-electron chi connectivity index (χ2n) is 7.28. The molecule has 1 amide bonds. The molecule has 0 aliphatic carbocycles. The van der Waals surface area contributed by atoms with E-state index in [4.69, 9.17) is 0 Å². The lowest BCUT2D eigenvalue weighted by molar-refractivity contribution is -0.132. The number of carbonyl (C=O) groups excluding carboxylic acids is 1. The first kappa shape index (κ1) is 18.4. The number of hydrogen-bond donors (Lipinski definition) is 1. The van der Waals surface area contributed by atoms with Gasteiger partial charge in [0.2, 0.25) is 5.91 Å². The number of amides is 1. The van der Waals surface area contributed by atoms with Crippen molar-refractivity contribution in [3.63, 3.8) is 0 Å². The Hall–Kier alpha value is -2.41. The van der Waals surface area contributed by atoms with E-state index in [0.29, 0.717) is 25.9 Å². The number of hydrogen-bond acceptors (Lipinski definition) is 5. The topological polar surface area (TPSA) is 74.5 Å². The zero-order chi connectivity index (χ0) is 18.9. The summed E-state index contributed by atoms with van der Waals surface area (Å²) in [6.07, 6.45) is 2.68. The third kappa shape index (κ3) is 3.72. The molecule has 3 rings (SSSR count). The van der Waals surface area contributed by atoms with E-state index >= 15 is 0 Å². The van der Waals surface area contributed by atoms with Gasteiger partial charge >= 0.3 is 0 Å². The van der Waals surface area contributed by atoms with Crippen LogP contribution < -0.4 is 4.90 Å². The molecule has 0 radical (unpaired) electrons. The van der Waals surface area contributed by atoms with Crippen molar-refractivity contribution >= 4 is 11.7 Å². The van der Waals surface area contributed by atoms with Crippen molar-refractivity contribution in [1.82, 2.24) is 19.7 Å². The molecule has 7 heteroatoms. The van der Waals surface area contributed by atoms with Crippen LogP contribution in [0.1, 0.15) is 23.4 Å². The lowest BCUT2D eigenvalue weighted by Crippen LogP contribution is -2.46. The number of aromatic nitrogens is 3. The van der Waals surface area contributed by atoms with E-state index in [1.54, 1.807) is 22.8 Å². The number of carbonyl (C=O) groups is 1. The predicted octanol–water partition coefficient (Wildman–Crippen LogP) is 1.07. The van der Waals surface area contributed by atoms with Crippen LogP contribution in [-0.2, 0) is 18.3 Å². The molecule has 3 heterocycles. The van der Waals surface area contributed by atoms with Gasteiger partial charge in [0.25, 0.3) is 0 Å². The molecule has 0 aromatic carbocycles. The van der Waals surface area contributed by atoms with Crippen LogP contribution in [0.4, 0.5) is 5.82 Å². The van der Waals surface area contributed by atoms with Gasteiger partial charge in [0.05, 0.1) is 18.7 Å². The minimum atomic E-state index is -0.916. The van der Waals surface area contributed by atoms with E-state index in [-0.39, 0.29) is 5.91 Å². The number of rotatable bonds is 5. The van der Waals surface area contributed by atoms with Gasteiger partial charge in [0.15, 0.2) is 0 Å². The minimum Gasteiger partial charge on any atom is -0.386 e. The Kier molecular flexibility index (Phi) is 5.00. The van der Waals surface area contributed by atoms with Crippen LogP contribution in [0.2, 0.25) is 0 Å². The van der Waals surface area contributed by atoms with Gasteiger partial charge in [-0.05, 0) is 32.4 Å². The first-order chi connectivity index (χ1) is 12.3. The van der Waals surface area contributed by atoms with Gasteiger partial charge in [-0.3, -0.25) is 9.48 Å². The van der Waals surface area contributed by atoms with Crippen molar-refractivity contribution in [2.24, 2.45) is 7.05 Å². The molecule has 0 bridgehead atoms. The monoisotopic (exact) mass is 357 g/mol. The Balaban J connectivity index is 1.62. The average molecular weight is 357 g/mol. The van der Waals surface area contributed by atoms with Gasteiger partial charge in [-0.2, -0.15) is 5.10 Å². The van der Waals surface area contributed by atoms with Gasteiger partial charge in [-0.1, -0.05) is 6.07 Å². The summed E-state index contributed by atoms with van der Waals surface area (Å²) >= 11 is 0. The largest absolute Gasteiger partial charge is 0.386 e. The molecule has 1 aliphatic heterocycles. The highest BCUT2D eigenvalue weighted by molar-refractivity contribution is 5.79. The number of aryl methyl sites for hydroxylation is 2. The van der Waals surface area contributed by atoms with Gasteiger partial charge in [-0.15, -0.1) is 0 Å². The summed E-state index contributed by atoms with van der Waals surface area (Å²) in [5.74, 6) is 0.855. The summed E-state index contributed by atoms with van der Waals surface area (Å²) in [4.78, 5) is 20.7. The normalized spacial score (nSPS) is 19.8.